The van der Waals surface area contributed by atoms with Crippen LogP contribution in [0.2, 0.25) is 0 Å². The highest BCUT2D eigenvalue weighted by Gasteiger charge is 2.11. The minimum absolute atomic E-state index is 0.217. The van der Waals surface area contributed by atoms with Gasteiger partial charge in [0.25, 0.3) is 5.91 Å². The van der Waals surface area contributed by atoms with Gasteiger partial charge in [-0.15, -0.1) is 0 Å². The van der Waals surface area contributed by atoms with E-state index in [4.69, 9.17) is 5.73 Å². The number of hydrogen-bond donors (Lipinski definition) is 2. The van der Waals surface area contributed by atoms with E-state index in [9.17, 15) is 9.18 Å². The van der Waals surface area contributed by atoms with E-state index in [0.29, 0.717) is 11.5 Å². The minimum Gasteiger partial charge on any atom is -0.384 e. The lowest BCUT2D eigenvalue weighted by atomic mass is 10.3. The first-order chi connectivity index (χ1) is 8.06. The van der Waals surface area contributed by atoms with Crippen LogP contribution >= 0.6 is 0 Å². The molecule has 2 rings (SSSR count). The van der Waals surface area contributed by atoms with Crippen molar-refractivity contribution in [2.45, 2.75) is 0 Å². The highest BCUT2D eigenvalue weighted by atomic mass is 19.1. The molecule has 3 N–H and O–H groups in total. The van der Waals surface area contributed by atoms with Gasteiger partial charge in [0.2, 0.25) is 0 Å². The SMILES string of the molecule is Cn1nc(C(=O)Nc2ccc(F)cc2)cc1N. The molecule has 1 aromatic heterocycles. The molecule has 1 amide bonds. The van der Waals surface area contributed by atoms with Crippen molar-refractivity contribution in [2.24, 2.45) is 7.05 Å². The summed E-state index contributed by atoms with van der Waals surface area (Å²) < 4.78 is 14.1. The Hall–Kier alpha value is -2.37. The summed E-state index contributed by atoms with van der Waals surface area (Å²) in [6, 6.07) is 6.95. The Labute approximate surface area is 97.0 Å². The number of anilines is 2. The first kappa shape index (κ1) is 11.1. The third-order valence-corrected chi connectivity index (χ3v) is 2.25. The van der Waals surface area contributed by atoms with Gasteiger partial charge in [0.15, 0.2) is 5.69 Å². The summed E-state index contributed by atoms with van der Waals surface area (Å²) in [7, 11) is 1.64. The zero-order chi connectivity index (χ0) is 12.4. The average molecular weight is 234 g/mol. The van der Waals surface area contributed by atoms with Crippen LogP contribution in [0.5, 0.6) is 0 Å². The molecule has 0 saturated heterocycles. The fraction of sp³-hybridized carbons (Fsp3) is 0.0909. The first-order valence-corrected chi connectivity index (χ1v) is 4.92. The second-order valence-electron chi connectivity index (χ2n) is 3.54. The van der Waals surface area contributed by atoms with Crippen molar-refractivity contribution in [1.29, 1.82) is 0 Å². The Balaban J connectivity index is 2.14. The Kier molecular flexibility index (Phi) is 2.78. The number of nitrogen functional groups attached to an aromatic ring is 1. The van der Waals surface area contributed by atoms with Crippen molar-refractivity contribution in [2.75, 3.05) is 11.1 Å². The number of rotatable bonds is 2. The van der Waals surface area contributed by atoms with Crippen LogP contribution in [0.15, 0.2) is 30.3 Å². The van der Waals surface area contributed by atoms with Crippen molar-refractivity contribution >= 4 is 17.4 Å². The summed E-state index contributed by atoms with van der Waals surface area (Å²) >= 11 is 0. The first-order valence-electron chi connectivity index (χ1n) is 4.92. The van der Waals surface area contributed by atoms with Crippen LogP contribution in [0.4, 0.5) is 15.9 Å². The van der Waals surface area contributed by atoms with Crippen molar-refractivity contribution in [3.8, 4) is 0 Å². The summed E-state index contributed by atoms with van der Waals surface area (Å²) in [5, 5.41) is 6.52. The van der Waals surface area contributed by atoms with Crippen molar-refractivity contribution in [3.63, 3.8) is 0 Å². The molecule has 0 fully saturated rings. The van der Waals surface area contributed by atoms with E-state index in [-0.39, 0.29) is 17.4 Å². The van der Waals surface area contributed by atoms with E-state index >= 15 is 0 Å². The summed E-state index contributed by atoms with van der Waals surface area (Å²) in [6.45, 7) is 0. The molecule has 6 heteroatoms. The Bertz CT molecular complexity index is 528. The van der Waals surface area contributed by atoms with E-state index in [1.54, 1.807) is 7.05 Å². The van der Waals surface area contributed by atoms with E-state index in [0.717, 1.165) is 0 Å². The highest BCUT2D eigenvalue weighted by molar-refractivity contribution is 6.03. The topological polar surface area (TPSA) is 72.9 Å². The quantitative estimate of drug-likeness (QED) is 0.824. The fourth-order valence-electron chi connectivity index (χ4n) is 1.32. The lowest BCUT2D eigenvalue weighted by molar-refractivity contribution is 0.102. The van der Waals surface area contributed by atoms with Gasteiger partial charge >= 0.3 is 0 Å². The molecule has 0 spiro atoms. The normalized spacial score (nSPS) is 10.2. The van der Waals surface area contributed by atoms with Gasteiger partial charge < -0.3 is 11.1 Å². The molecular formula is C11H11FN4O. The number of nitrogens with one attached hydrogen (secondary N) is 1. The summed E-state index contributed by atoms with van der Waals surface area (Å²) in [5.41, 5.74) is 6.28. The van der Waals surface area contributed by atoms with Gasteiger partial charge in [-0.05, 0) is 24.3 Å². The molecule has 0 atom stereocenters. The molecular weight excluding hydrogens is 223 g/mol. The molecule has 0 aliphatic heterocycles. The number of carbonyl (C=O) groups excluding carboxylic acids is 1. The number of benzene rings is 1. The molecule has 1 aromatic carbocycles. The Morgan fingerprint density at radius 3 is 2.59 bits per heavy atom. The van der Waals surface area contributed by atoms with Gasteiger partial charge in [0.05, 0.1) is 0 Å². The van der Waals surface area contributed by atoms with Crippen LogP contribution in [-0.4, -0.2) is 15.7 Å². The van der Waals surface area contributed by atoms with Gasteiger partial charge in [-0.1, -0.05) is 0 Å². The summed E-state index contributed by atoms with van der Waals surface area (Å²) in [4.78, 5) is 11.7. The maximum absolute atomic E-state index is 12.7. The lowest BCUT2D eigenvalue weighted by Gasteiger charge is -2.02. The van der Waals surface area contributed by atoms with Gasteiger partial charge in [0, 0.05) is 18.8 Å². The minimum atomic E-state index is -0.385. The third kappa shape index (κ3) is 2.41. The number of hydrogen-bond acceptors (Lipinski definition) is 3. The third-order valence-electron chi connectivity index (χ3n) is 2.25. The molecule has 17 heavy (non-hydrogen) atoms. The maximum Gasteiger partial charge on any atom is 0.276 e. The molecule has 0 aliphatic carbocycles. The van der Waals surface area contributed by atoms with E-state index in [1.807, 2.05) is 0 Å². The number of nitrogens with zero attached hydrogens (tertiary/aromatic N) is 2. The molecule has 0 unspecified atom stereocenters. The molecule has 0 radical (unpaired) electrons. The number of nitrogens with two attached hydrogens (primary N) is 1. The smallest absolute Gasteiger partial charge is 0.276 e. The molecule has 0 bridgehead atoms. The number of aryl methyl sites for hydroxylation is 1. The van der Waals surface area contributed by atoms with Crippen LogP contribution in [0, 0.1) is 5.82 Å². The number of halogens is 1. The number of carbonyl (C=O) groups is 1. The van der Waals surface area contributed by atoms with Crippen LogP contribution in [-0.2, 0) is 7.05 Å². The molecule has 1 heterocycles. The molecule has 88 valence electrons. The Morgan fingerprint density at radius 1 is 1.41 bits per heavy atom. The molecule has 0 saturated carbocycles. The number of amides is 1. The van der Waals surface area contributed by atoms with Crippen LogP contribution < -0.4 is 11.1 Å². The number of aromatic nitrogens is 2. The van der Waals surface area contributed by atoms with Crippen molar-refractivity contribution in [3.05, 3.63) is 41.8 Å². The second kappa shape index (κ2) is 4.25. The van der Waals surface area contributed by atoms with Crippen molar-refractivity contribution in [1.82, 2.24) is 9.78 Å². The van der Waals surface area contributed by atoms with E-state index in [1.165, 1.54) is 35.0 Å². The summed E-state index contributed by atoms with van der Waals surface area (Å²) in [6.07, 6.45) is 0. The lowest BCUT2D eigenvalue weighted by Crippen LogP contribution is -2.12. The Morgan fingerprint density at radius 2 is 2.06 bits per heavy atom. The highest BCUT2D eigenvalue weighted by Crippen LogP contribution is 2.11. The van der Waals surface area contributed by atoms with Crippen molar-refractivity contribution < 1.29 is 9.18 Å². The zero-order valence-electron chi connectivity index (χ0n) is 9.14. The predicted molar refractivity (Wildman–Crippen MR) is 62.0 cm³/mol. The zero-order valence-corrected chi connectivity index (χ0v) is 9.14. The summed E-state index contributed by atoms with van der Waals surface area (Å²) in [5.74, 6) is -0.344. The van der Waals surface area contributed by atoms with Crippen LogP contribution in [0.3, 0.4) is 0 Å². The maximum atomic E-state index is 12.7. The predicted octanol–water partition coefficient (Wildman–Crippen LogP) is 1.39. The monoisotopic (exact) mass is 234 g/mol. The fourth-order valence-corrected chi connectivity index (χ4v) is 1.32. The van der Waals surface area contributed by atoms with E-state index in [2.05, 4.69) is 10.4 Å². The molecule has 5 nitrogen and oxygen atoms in total. The van der Waals surface area contributed by atoms with Crippen LogP contribution in [0.25, 0.3) is 0 Å². The van der Waals surface area contributed by atoms with E-state index < -0.39 is 0 Å². The largest absolute Gasteiger partial charge is 0.384 e. The van der Waals surface area contributed by atoms with Gasteiger partial charge in [-0.25, -0.2) is 4.39 Å². The second-order valence-corrected chi connectivity index (χ2v) is 3.54. The van der Waals surface area contributed by atoms with Gasteiger partial charge in [-0.3, -0.25) is 9.48 Å². The molecule has 2 aromatic rings. The average Bonchev–Trinajstić information content (AvgIpc) is 2.63. The molecule has 0 aliphatic rings. The van der Waals surface area contributed by atoms with Crippen LogP contribution in [0.1, 0.15) is 10.5 Å². The van der Waals surface area contributed by atoms with Gasteiger partial charge in [0.1, 0.15) is 11.6 Å². The standard InChI is InChI=1S/C11H11FN4O/c1-16-10(13)6-9(15-16)11(17)14-8-4-2-7(12)3-5-8/h2-6H,13H2,1H3,(H,14,17). The van der Waals surface area contributed by atoms with Gasteiger partial charge in [-0.2, -0.15) is 5.10 Å².